The molecular formula is C9H5F3O2. The third-order valence-corrected chi connectivity index (χ3v) is 1.78. The van der Waals surface area contributed by atoms with Crippen LogP contribution in [-0.2, 0) is 9.47 Å². The van der Waals surface area contributed by atoms with Gasteiger partial charge < -0.3 is 9.47 Å². The summed E-state index contributed by atoms with van der Waals surface area (Å²) in [5.41, 5.74) is -0.172. The Labute approximate surface area is 77.6 Å². The first kappa shape index (κ1) is 8.93. The van der Waals surface area contributed by atoms with Crippen molar-refractivity contribution in [3.8, 4) is 0 Å². The lowest BCUT2D eigenvalue weighted by molar-refractivity contribution is -0.0276. The smallest absolute Gasteiger partial charge is 0.269 e. The van der Waals surface area contributed by atoms with Crippen LogP contribution in [0.5, 0.6) is 0 Å². The molecule has 0 fully saturated rings. The highest BCUT2D eigenvalue weighted by Crippen LogP contribution is 2.28. The standard InChI is InChI=1S/C9H5F3O2/c10-6-2-1-5(7(11)8(6)12)9-13-3-4-14-9/h1-4,9H. The molecule has 2 nitrogen and oxygen atoms in total. The quantitative estimate of drug-likeness (QED) is 0.651. The average Bonchev–Trinajstić information content (AvgIpc) is 2.67. The first-order valence-corrected chi connectivity index (χ1v) is 3.79. The number of hydrogen-bond acceptors (Lipinski definition) is 2. The van der Waals surface area contributed by atoms with E-state index < -0.39 is 23.7 Å². The molecule has 0 aliphatic carbocycles. The van der Waals surface area contributed by atoms with E-state index in [-0.39, 0.29) is 5.56 Å². The van der Waals surface area contributed by atoms with Gasteiger partial charge in [-0.15, -0.1) is 0 Å². The zero-order valence-electron chi connectivity index (χ0n) is 6.84. The third kappa shape index (κ3) is 1.30. The van der Waals surface area contributed by atoms with E-state index in [4.69, 9.17) is 9.47 Å². The van der Waals surface area contributed by atoms with Crippen molar-refractivity contribution in [3.05, 3.63) is 47.7 Å². The van der Waals surface area contributed by atoms with Gasteiger partial charge in [-0.3, -0.25) is 0 Å². The summed E-state index contributed by atoms with van der Waals surface area (Å²) < 4.78 is 48.0. The minimum atomic E-state index is -1.53. The molecule has 0 aromatic heterocycles. The van der Waals surface area contributed by atoms with Gasteiger partial charge in [0.1, 0.15) is 12.5 Å². The summed E-state index contributed by atoms with van der Waals surface area (Å²) in [5, 5.41) is 0. The summed E-state index contributed by atoms with van der Waals surface area (Å²) in [7, 11) is 0. The van der Waals surface area contributed by atoms with E-state index >= 15 is 0 Å². The first-order chi connectivity index (χ1) is 6.70. The minimum absolute atomic E-state index is 0.172. The fourth-order valence-electron chi connectivity index (χ4n) is 1.11. The normalized spacial score (nSPS) is 15.4. The fraction of sp³-hybridized carbons (Fsp3) is 0.111. The summed E-state index contributed by atoms with van der Waals surface area (Å²) in [6, 6.07) is 1.89. The highest BCUT2D eigenvalue weighted by molar-refractivity contribution is 5.22. The van der Waals surface area contributed by atoms with Crippen LogP contribution >= 0.6 is 0 Å². The van der Waals surface area contributed by atoms with Crippen LogP contribution in [0.25, 0.3) is 0 Å². The topological polar surface area (TPSA) is 18.5 Å². The van der Waals surface area contributed by atoms with E-state index in [2.05, 4.69) is 0 Å². The Balaban J connectivity index is 2.39. The van der Waals surface area contributed by atoms with Crippen molar-refractivity contribution in [2.75, 3.05) is 0 Å². The Morgan fingerprint density at radius 3 is 2.21 bits per heavy atom. The van der Waals surface area contributed by atoms with E-state index in [1.165, 1.54) is 12.5 Å². The molecule has 0 spiro atoms. The summed E-state index contributed by atoms with van der Waals surface area (Å²) >= 11 is 0. The maximum atomic E-state index is 13.1. The molecule has 1 aromatic carbocycles. The summed E-state index contributed by atoms with van der Waals surface area (Å²) in [5.74, 6) is -4.06. The number of benzene rings is 1. The van der Waals surface area contributed by atoms with Crippen LogP contribution in [-0.4, -0.2) is 0 Å². The second-order valence-corrected chi connectivity index (χ2v) is 2.64. The van der Waals surface area contributed by atoms with Crippen molar-refractivity contribution >= 4 is 0 Å². The molecule has 1 aromatic rings. The Bertz CT molecular complexity index is 382. The van der Waals surface area contributed by atoms with Crippen molar-refractivity contribution in [1.82, 2.24) is 0 Å². The molecule has 0 bridgehead atoms. The van der Waals surface area contributed by atoms with Gasteiger partial charge in [0, 0.05) is 0 Å². The number of hydrogen-bond donors (Lipinski definition) is 0. The predicted molar refractivity (Wildman–Crippen MR) is 40.4 cm³/mol. The van der Waals surface area contributed by atoms with Crippen molar-refractivity contribution in [2.24, 2.45) is 0 Å². The predicted octanol–water partition coefficient (Wildman–Crippen LogP) is 2.62. The zero-order valence-corrected chi connectivity index (χ0v) is 6.84. The molecule has 5 heteroatoms. The van der Waals surface area contributed by atoms with E-state index in [0.717, 1.165) is 12.1 Å². The maximum absolute atomic E-state index is 13.1. The Morgan fingerprint density at radius 2 is 1.57 bits per heavy atom. The Kier molecular flexibility index (Phi) is 2.07. The molecule has 0 N–H and O–H groups in total. The van der Waals surface area contributed by atoms with Gasteiger partial charge in [0.15, 0.2) is 17.5 Å². The average molecular weight is 202 g/mol. The molecule has 74 valence electrons. The van der Waals surface area contributed by atoms with Crippen LogP contribution in [0.1, 0.15) is 11.9 Å². The van der Waals surface area contributed by atoms with Crippen LogP contribution in [0.2, 0.25) is 0 Å². The van der Waals surface area contributed by atoms with Crippen LogP contribution in [0, 0.1) is 17.5 Å². The van der Waals surface area contributed by atoms with Crippen molar-refractivity contribution in [1.29, 1.82) is 0 Å². The zero-order chi connectivity index (χ0) is 10.1. The van der Waals surface area contributed by atoms with Gasteiger partial charge >= 0.3 is 0 Å². The molecule has 1 aliphatic heterocycles. The molecule has 2 rings (SSSR count). The molecule has 0 unspecified atom stereocenters. The van der Waals surface area contributed by atoms with Crippen molar-refractivity contribution in [2.45, 2.75) is 6.29 Å². The molecule has 1 aliphatic rings. The molecule has 1 heterocycles. The monoisotopic (exact) mass is 202 g/mol. The summed E-state index contributed by atoms with van der Waals surface area (Å²) in [4.78, 5) is 0. The lowest BCUT2D eigenvalue weighted by Gasteiger charge is -2.11. The lowest BCUT2D eigenvalue weighted by Crippen LogP contribution is -2.04. The fourth-order valence-corrected chi connectivity index (χ4v) is 1.11. The van der Waals surface area contributed by atoms with Gasteiger partial charge in [0.05, 0.1) is 5.56 Å². The van der Waals surface area contributed by atoms with Crippen LogP contribution < -0.4 is 0 Å². The summed E-state index contributed by atoms with van der Waals surface area (Å²) in [6.45, 7) is 0. The van der Waals surface area contributed by atoms with E-state index in [9.17, 15) is 13.2 Å². The first-order valence-electron chi connectivity index (χ1n) is 3.79. The van der Waals surface area contributed by atoms with Gasteiger partial charge in [0.25, 0.3) is 6.29 Å². The van der Waals surface area contributed by atoms with Gasteiger partial charge in [0.2, 0.25) is 0 Å². The van der Waals surface area contributed by atoms with Crippen molar-refractivity contribution < 1.29 is 22.6 Å². The Morgan fingerprint density at radius 1 is 0.929 bits per heavy atom. The van der Waals surface area contributed by atoms with Gasteiger partial charge in [-0.25, -0.2) is 13.2 Å². The van der Waals surface area contributed by atoms with Gasteiger partial charge in [-0.05, 0) is 12.1 Å². The lowest BCUT2D eigenvalue weighted by atomic mass is 10.2. The molecule has 0 atom stereocenters. The molecule has 0 saturated heterocycles. The van der Waals surface area contributed by atoms with E-state index in [0.29, 0.717) is 0 Å². The van der Waals surface area contributed by atoms with Crippen LogP contribution in [0.3, 0.4) is 0 Å². The molecular weight excluding hydrogens is 197 g/mol. The van der Waals surface area contributed by atoms with E-state index in [1.807, 2.05) is 0 Å². The number of halogens is 3. The molecule has 0 amide bonds. The number of ether oxygens (including phenoxy) is 2. The summed E-state index contributed by atoms with van der Waals surface area (Å²) in [6.07, 6.45) is 1.36. The van der Waals surface area contributed by atoms with Crippen LogP contribution in [0.15, 0.2) is 24.7 Å². The molecule has 14 heavy (non-hydrogen) atoms. The highest BCUT2D eigenvalue weighted by Gasteiger charge is 2.23. The van der Waals surface area contributed by atoms with Crippen LogP contribution in [0.4, 0.5) is 13.2 Å². The third-order valence-electron chi connectivity index (χ3n) is 1.78. The second-order valence-electron chi connectivity index (χ2n) is 2.64. The van der Waals surface area contributed by atoms with Gasteiger partial charge in [-0.2, -0.15) is 0 Å². The SMILES string of the molecule is Fc1ccc(C2OC=CO2)c(F)c1F. The molecule has 0 saturated carbocycles. The van der Waals surface area contributed by atoms with Gasteiger partial charge in [-0.1, -0.05) is 0 Å². The number of rotatable bonds is 1. The highest BCUT2D eigenvalue weighted by atomic mass is 19.2. The molecule has 0 radical (unpaired) electrons. The maximum Gasteiger partial charge on any atom is 0.269 e. The second kappa shape index (κ2) is 3.25. The largest absolute Gasteiger partial charge is 0.455 e. The van der Waals surface area contributed by atoms with Crippen molar-refractivity contribution in [3.63, 3.8) is 0 Å². The minimum Gasteiger partial charge on any atom is -0.455 e. The van der Waals surface area contributed by atoms with E-state index in [1.54, 1.807) is 0 Å². The Hall–Kier alpha value is -1.65.